The highest BCUT2D eigenvalue weighted by Gasteiger charge is 2.47. The molecule has 0 radical (unpaired) electrons. The van der Waals surface area contributed by atoms with Crippen molar-refractivity contribution in [3.63, 3.8) is 0 Å². The molecular weight excluding hydrogens is 416 g/mol. The maximum atomic E-state index is 13.4. The van der Waals surface area contributed by atoms with Crippen molar-refractivity contribution in [3.05, 3.63) is 78.4 Å². The smallest absolute Gasteiger partial charge is 0.324 e. The summed E-state index contributed by atoms with van der Waals surface area (Å²) >= 11 is 0. The first-order valence-electron chi connectivity index (χ1n) is 11.3. The van der Waals surface area contributed by atoms with Crippen LogP contribution in [-0.2, 0) is 16.1 Å². The number of nitrogens with zero attached hydrogens (tertiary/aromatic N) is 2. The number of piperidine rings is 1. The Balaban J connectivity index is 1.38. The first-order chi connectivity index (χ1) is 16.1. The Hall–Kier alpha value is -3.71. The molecule has 2 unspecified atom stereocenters. The van der Waals surface area contributed by atoms with Gasteiger partial charge in [0.05, 0.1) is 12.6 Å². The fourth-order valence-electron chi connectivity index (χ4n) is 4.79. The monoisotopic (exact) mass is 442 g/mol. The van der Waals surface area contributed by atoms with E-state index < -0.39 is 12.1 Å². The lowest BCUT2D eigenvalue weighted by Crippen LogP contribution is -2.70. The van der Waals surface area contributed by atoms with E-state index in [2.05, 4.69) is 10.6 Å². The Morgan fingerprint density at radius 2 is 1.73 bits per heavy atom. The lowest BCUT2D eigenvalue weighted by Gasteiger charge is -2.46. The van der Waals surface area contributed by atoms with Crippen molar-refractivity contribution in [3.8, 4) is 0 Å². The average Bonchev–Trinajstić information content (AvgIpc) is 2.85. The third-order valence-corrected chi connectivity index (χ3v) is 6.40. The van der Waals surface area contributed by atoms with Gasteiger partial charge in [-0.3, -0.25) is 14.5 Å². The van der Waals surface area contributed by atoms with E-state index in [0.717, 1.165) is 29.3 Å². The fraction of sp³-hybridized carbons (Fsp3) is 0.269. The molecule has 0 bridgehead atoms. The van der Waals surface area contributed by atoms with Crippen molar-refractivity contribution in [2.24, 2.45) is 0 Å². The topological polar surface area (TPSA) is 81.8 Å². The van der Waals surface area contributed by atoms with Crippen LogP contribution in [0.5, 0.6) is 0 Å². The highest BCUT2D eigenvalue weighted by molar-refractivity contribution is 6.05. The van der Waals surface area contributed by atoms with Crippen LogP contribution in [-0.4, -0.2) is 52.8 Å². The van der Waals surface area contributed by atoms with E-state index in [1.807, 2.05) is 72.8 Å². The fourth-order valence-corrected chi connectivity index (χ4v) is 4.79. The van der Waals surface area contributed by atoms with E-state index in [1.165, 1.54) is 4.90 Å². The van der Waals surface area contributed by atoms with Gasteiger partial charge < -0.3 is 15.5 Å². The second-order valence-electron chi connectivity index (χ2n) is 8.54. The molecule has 33 heavy (non-hydrogen) atoms. The van der Waals surface area contributed by atoms with Gasteiger partial charge in [0.2, 0.25) is 11.8 Å². The number of hydrogen-bond donors (Lipinski definition) is 2. The number of rotatable bonds is 5. The zero-order chi connectivity index (χ0) is 22.8. The molecule has 5 rings (SSSR count). The predicted molar refractivity (Wildman–Crippen MR) is 126 cm³/mol. The van der Waals surface area contributed by atoms with Crippen molar-refractivity contribution in [2.75, 3.05) is 18.4 Å². The van der Waals surface area contributed by atoms with Crippen molar-refractivity contribution in [1.29, 1.82) is 0 Å². The van der Waals surface area contributed by atoms with Crippen molar-refractivity contribution in [1.82, 2.24) is 15.1 Å². The van der Waals surface area contributed by atoms with Crippen LogP contribution in [0, 0.1) is 0 Å². The molecule has 0 spiro atoms. The summed E-state index contributed by atoms with van der Waals surface area (Å²) in [6.07, 6.45) is 1.54. The highest BCUT2D eigenvalue weighted by atomic mass is 16.2. The first kappa shape index (κ1) is 21.2. The molecule has 0 aromatic heterocycles. The standard InChI is InChI=1S/C26H26N4O3/c31-23(28-21-13-6-11-19-10-4-5-12-20(19)21)17-29-22-14-7-15-27-24(22)25(32)30(26(29)33)16-18-8-2-1-3-9-18/h1-6,8-13,22,24,27H,7,14-17H2,(H,28,31). The Kier molecular flexibility index (Phi) is 5.79. The van der Waals surface area contributed by atoms with Gasteiger partial charge in [-0.05, 0) is 36.4 Å². The maximum Gasteiger partial charge on any atom is 0.327 e. The molecule has 0 aliphatic carbocycles. The number of fused-ring (bicyclic) bond motifs is 2. The summed E-state index contributed by atoms with van der Waals surface area (Å²) in [7, 11) is 0. The lowest BCUT2D eigenvalue weighted by molar-refractivity contribution is -0.138. The van der Waals surface area contributed by atoms with Gasteiger partial charge in [-0.2, -0.15) is 0 Å². The molecule has 0 saturated carbocycles. The Bertz CT molecular complexity index is 1190. The van der Waals surface area contributed by atoms with Crippen LogP contribution in [0.2, 0.25) is 0 Å². The van der Waals surface area contributed by atoms with Crippen molar-refractivity contribution >= 4 is 34.3 Å². The summed E-state index contributed by atoms with van der Waals surface area (Å²) in [5.74, 6) is -0.502. The Morgan fingerprint density at radius 1 is 0.970 bits per heavy atom. The number of imide groups is 1. The molecule has 168 valence electrons. The second-order valence-corrected chi connectivity index (χ2v) is 8.54. The van der Waals surface area contributed by atoms with Gasteiger partial charge in [-0.15, -0.1) is 0 Å². The van der Waals surface area contributed by atoms with Crippen LogP contribution in [0.25, 0.3) is 10.8 Å². The summed E-state index contributed by atoms with van der Waals surface area (Å²) in [6, 6.07) is 21.8. The van der Waals surface area contributed by atoms with E-state index in [1.54, 1.807) is 4.90 Å². The number of benzene rings is 3. The second kappa shape index (κ2) is 9.03. The number of carbonyl (C=O) groups is 3. The normalized spacial score (nSPS) is 20.6. The first-order valence-corrected chi connectivity index (χ1v) is 11.3. The number of hydrogen-bond acceptors (Lipinski definition) is 4. The summed E-state index contributed by atoms with van der Waals surface area (Å²) in [6.45, 7) is 0.796. The van der Waals surface area contributed by atoms with Crippen LogP contribution in [0.3, 0.4) is 0 Å². The predicted octanol–water partition coefficient (Wildman–Crippen LogP) is 3.36. The minimum atomic E-state index is -0.495. The van der Waals surface area contributed by atoms with Crippen LogP contribution >= 0.6 is 0 Å². The quantitative estimate of drug-likeness (QED) is 0.635. The molecule has 2 heterocycles. The van der Waals surface area contributed by atoms with Crippen LogP contribution in [0.15, 0.2) is 72.8 Å². The lowest BCUT2D eigenvalue weighted by atomic mass is 9.93. The van der Waals surface area contributed by atoms with Gasteiger partial charge in [-0.1, -0.05) is 66.7 Å². The van der Waals surface area contributed by atoms with Crippen LogP contribution in [0.1, 0.15) is 18.4 Å². The Morgan fingerprint density at radius 3 is 2.58 bits per heavy atom. The van der Waals surface area contributed by atoms with E-state index in [-0.39, 0.29) is 30.9 Å². The number of urea groups is 1. The average molecular weight is 443 g/mol. The highest BCUT2D eigenvalue weighted by Crippen LogP contribution is 2.27. The van der Waals surface area contributed by atoms with Gasteiger partial charge in [0, 0.05) is 11.1 Å². The van der Waals surface area contributed by atoms with Crippen molar-refractivity contribution in [2.45, 2.75) is 31.5 Å². The van der Waals surface area contributed by atoms with E-state index in [4.69, 9.17) is 0 Å². The minimum absolute atomic E-state index is 0.108. The summed E-state index contributed by atoms with van der Waals surface area (Å²) in [5.41, 5.74) is 1.58. The molecule has 7 heteroatoms. The zero-order valence-corrected chi connectivity index (χ0v) is 18.2. The molecule has 2 saturated heterocycles. The van der Waals surface area contributed by atoms with Gasteiger partial charge in [0.1, 0.15) is 12.6 Å². The molecule has 2 atom stereocenters. The number of carbonyl (C=O) groups excluding carboxylic acids is 3. The van der Waals surface area contributed by atoms with E-state index >= 15 is 0 Å². The molecule has 2 aliphatic rings. The molecule has 2 N–H and O–H groups in total. The third kappa shape index (κ3) is 4.19. The molecule has 3 aromatic rings. The summed E-state index contributed by atoms with van der Waals surface area (Å²) in [4.78, 5) is 42.5. The number of amides is 4. The third-order valence-electron chi connectivity index (χ3n) is 6.40. The largest absolute Gasteiger partial charge is 0.327 e. The molecular formula is C26H26N4O3. The minimum Gasteiger partial charge on any atom is -0.324 e. The molecule has 2 fully saturated rings. The van der Waals surface area contributed by atoms with Gasteiger partial charge in [-0.25, -0.2) is 4.79 Å². The van der Waals surface area contributed by atoms with Crippen molar-refractivity contribution < 1.29 is 14.4 Å². The van der Waals surface area contributed by atoms with Gasteiger partial charge in [0.25, 0.3) is 0 Å². The van der Waals surface area contributed by atoms with Crippen LogP contribution in [0.4, 0.5) is 10.5 Å². The van der Waals surface area contributed by atoms with E-state index in [9.17, 15) is 14.4 Å². The van der Waals surface area contributed by atoms with Gasteiger partial charge >= 0.3 is 6.03 Å². The maximum absolute atomic E-state index is 13.4. The van der Waals surface area contributed by atoms with Crippen LogP contribution < -0.4 is 10.6 Å². The SMILES string of the molecule is O=C(CN1C(=O)N(Cc2ccccc2)C(=O)C2NCCCC21)Nc1cccc2ccccc12. The Labute approximate surface area is 192 Å². The summed E-state index contributed by atoms with van der Waals surface area (Å²) in [5, 5.41) is 8.20. The molecule has 2 aliphatic heterocycles. The zero-order valence-electron chi connectivity index (χ0n) is 18.2. The molecule has 3 aromatic carbocycles. The van der Waals surface area contributed by atoms with E-state index in [0.29, 0.717) is 12.1 Å². The number of nitrogens with one attached hydrogen (secondary N) is 2. The molecule has 4 amide bonds. The van der Waals surface area contributed by atoms with Gasteiger partial charge in [0.15, 0.2) is 0 Å². The number of anilines is 1. The summed E-state index contributed by atoms with van der Waals surface area (Å²) < 4.78 is 0. The molecule has 7 nitrogen and oxygen atoms in total.